The smallest absolute Gasteiger partial charge is 0.0575 e. The van der Waals surface area contributed by atoms with Gasteiger partial charge < -0.3 is 18.9 Å². The molecule has 0 fully saturated rings. The second-order valence-corrected chi connectivity index (χ2v) is 15.4. The average molecular weight is 743 g/mol. The predicted octanol–water partition coefficient (Wildman–Crippen LogP) is 14.8. The number of para-hydroxylation sites is 4. The SMILES string of the molecule is Cn1c2cc(N(c3ccccc3)c3ccccc3)ccc2c2c3cccc4c3c3c(cccc3c21)c1c2ccc(N(c3ccccc3)c3ccccc3)cc2n(C)c41. The Bertz CT molecular complexity index is 3200. The van der Waals surface area contributed by atoms with Crippen molar-refractivity contribution in [3.05, 3.63) is 194 Å². The molecule has 0 bridgehead atoms. The van der Waals surface area contributed by atoms with Gasteiger partial charge in [-0.05, 0) is 83.6 Å². The molecule has 0 aliphatic rings. The summed E-state index contributed by atoms with van der Waals surface area (Å²) in [6.45, 7) is 0. The molecule has 58 heavy (non-hydrogen) atoms. The van der Waals surface area contributed by atoms with Gasteiger partial charge in [-0.15, -0.1) is 0 Å². The highest BCUT2D eigenvalue weighted by atomic mass is 15.1. The third-order valence-electron chi connectivity index (χ3n) is 12.4. The second-order valence-electron chi connectivity index (χ2n) is 15.4. The summed E-state index contributed by atoms with van der Waals surface area (Å²) >= 11 is 0. The van der Waals surface area contributed by atoms with Gasteiger partial charge in [0.05, 0.1) is 22.1 Å². The Balaban J connectivity index is 1.14. The molecule has 0 atom stereocenters. The van der Waals surface area contributed by atoms with E-state index in [0.717, 1.165) is 34.1 Å². The van der Waals surface area contributed by atoms with Gasteiger partial charge in [0.1, 0.15) is 0 Å². The van der Waals surface area contributed by atoms with Gasteiger partial charge in [0.15, 0.2) is 0 Å². The minimum absolute atomic E-state index is 1.13. The van der Waals surface area contributed by atoms with E-state index < -0.39 is 0 Å². The molecule has 0 amide bonds. The van der Waals surface area contributed by atoms with Crippen LogP contribution in [-0.2, 0) is 14.1 Å². The zero-order chi connectivity index (χ0) is 38.5. The van der Waals surface area contributed by atoms with Gasteiger partial charge in [0.25, 0.3) is 0 Å². The van der Waals surface area contributed by atoms with Crippen LogP contribution in [0.1, 0.15) is 0 Å². The zero-order valence-electron chi connectivity index (χ0n) is 32.3. The summed E-state index contributed by atoms with van der Waals surface area (Å²) in [5.74, 6) is 0. The largest absolute Gasteiger partial charge is 0.343 e. The van der Waals surface area contributed by atoms with Crippen LogP contribution in [0, 0.1) is 0 Å². The molecule has 12 rings (SSSR count). The van der Waals surface area contributed by atoms with E-state index in [1.165, 1.54) is 75.9 Å². The maximum Gasteiger partial charge on any atom is 0.0575 e. The molecule has 2 aromatic heterocycles. The molecular weight excluding hydrogens is 705 g/mol. The molecule has 12 aromatic rings. The average Bonchev–Trinajstić information content (AvgIpc) is 3.75. The molecule has 0 saturated heterocycles. The predicted molar refractivity (Wildman–Crippen MR) is 247 cm³/mol. The Labute approximate surface area is 335 Å². The zero-order valence-corrected chi connectivity index (χ0v) is 32.3. The van der Waals surface area contributed by atoms with Crippen molar-refractivity contribution in [3.8, 4) is 0 Å². The number of anilines is 6. The Hall–Kier alpha value is -7.56. The Morgan fingerprint density at radius 2 is 0.603 bits per heavy atom. The first-order chi connectivity index (χ1) is 28.7. The van der Waals surface area contributed by atoms with Crippen molar-refractivity contribution < 1.29 is 0 Å². The number of hydrogen-bond donors (Lipinski definition) is 0. The Morgan fingerprint density at radius 3 is 0.948 bits per heavy atom. The third-order valence-corrected chi connectivity index (χ3v) is 12.4. The maximum atomic E-state index is 2.43. The van der Waals surface area contributed by atoms with Crippen LogP contribution in [0.5, 0.6) is 0 Å². The minimum Gasteiger partial charge on any atom is -0.343 e. The summed E-state index contributed by atoms with van der Waals surface area (Å²) in [5.41, 5.74) is 11.8. The van der Waals surface area contributed by atoms with Crippen LogP contribution in [0.2, 0.25) is 0 Å². The first-order valence-corrected chi connectivity index (χ1v) is 20.0. The summed E-state index contributed by atoms with van der Waals surface area (Å²) in [7, 11) is 4.49. The number of hydrogen-bond acceptors (Lipinski definition) is 2. The van der Waals surface area contributed by atoms with Crippen LogP contribution >= 0.6 is 0 Å². The normalized spacial score (nSPS) is 12.0. The summed E-state index contributed by atoms with van der Waals surface area (Å²) < 4.78 is 4.86. The maximum absolute atomic E-state index is 2.43. The van der Waals surface area contributed by atoms with Gasteiger partial charge in [0, 0.05) is 91.3 Å². The van der Waals surface area contributed by atoms with Crippen molar-refractivity contribution in [2.45, 2.75) is 0 Å². The van der Waals surface area contributed by atoms with Crippen LogP contribution in [0.15, 0.2) is 194 Å². The minimum atomic E-state index is 1.13. The monoisotopic (exact) mass is 742 g/mol. The number of benzene rings is 10. The first kappa shape index (κ1) is 32.7. The second kappa shape index (κ2) is 12.5. The van der Waals surface area contributed by atoms with E-state index in [4.69, 9.17) is 0 Å². The molecule has 2 heterocycles. The highest BCUT2D eigenvalue weighted by Gasteiger charge is 2.25. The van der Waals surface area contributed by atoms with Crippen molar-refractivity contribution >= 4 is 110 Å². The molecule has 0 aliphatic carbocycles. The lowest BCUT2D eigenvalue weighted by Gasteiger charge is -2.25. The molecule has 0 saturated carbocycles. The molecular formula is C54H38N4. The standard InChI is InChI=1S/C54H38N4/c1-55-47-33-39(57(35-17-7-3-8-18-35)36-19-9-4-10-20-36)29-31-41(47)51-43-25-16-28-46-50(43)49-44(26-15-27-45(49)53(51)55)52-42-32-30-40(34-48(42)56(2)54(46)52)58(37-21-11-5-12-22-37)38-23-13-6-14-24-38/h3-34H,1-2H3. The molecule has 0 unspecified atom stereocenters. The van der Waals surface area contributed by atoms with E-state index >= 15 is 0 Å². The lowest BCUT2D eigenvalue weighted by atomic mass is 9.88. The van der Waals surface area contributed by atoms with E-state index in [-0.39, 0.29) is 0 Å². The van der Waals surface area contributed by atoms with Gasteiger partial charge in [-0.3, -0.25) is 0 Å². The lowest BCUT2D eigenvalue weighted by molar-refractivity contribution is 1.02. The van der Waals surface area contributed by atoms with E-state index in [1.54, 1.807) is 0 Å². The lowest BCUT2D eigenvalue weighted by Crippen LogP contribution is -2.09. The highest BCUT2D eigenvalue weighted by molar-refractivity contribution is 6.44. The molecule has 0 N–H and O–H groups in total. The first-order valence-electron chi connectivity index (χ1n) is 20.0. The van der Waals surface area contributed by atoms with Crippen molar-refractivity contribution in [3.63, 3.8) is 0 Å². The van der Waals surface area contributed by atoms with E-state index in [9.17, 15) is 0 Å². The number of aryl methyl sites for hydroxylation is 2. The fraction of sp³-hybridized carbons (Fsp3) is 0.0370. The molecule has 0 spiro atoms. The van der Waals surface area contributed by atoms with Crippen LogP contribution < -0.4 is 9.80 Å². The number of aromatic nitrogens is 2. The van der Waals surface area contributed by atoms with Gasteiger partial charge in [-0.2, -0.15) is 0 Å². The van der Waals surface area contributed by atoms with Crippen LogP contribution in [0.25, 0.3) is 75.9 Å². The van der Waals surface area contributed by atoms with Crippen LogP contribution in [0.3, 0.4) is 0 Å². The summed E-state index contributed by atoms with van der Waals surface area (Å²) in [5, 5.41) is 13.0. The number of fused-ring (bicyclic) bond motifs is 10. The van der Waals surface area contributed by atoms with Gasteiger partial charge in [-0.1, -0.05) is 121 Å². The molecule has 0 radical (unpaired) electrons. The Morgan fingerprint density at radius 1 is 0.276 bits per heavy atom. The van der Waals surface area contributed by atoms with Crippen molar-refractivity contribution in [1.29, 1.82) is 0 Å². The molecule has 4 heteroatoms. The van der Waals surface area contributed by atoms with Gasteiger partial charge in [0.2, 0.25) is 0 Å². The van der Waals surface area contributed by atoms with Gasteiger partial charge >= 0.3 is 0 Å². The quantitative estimate of drug-likeness (QED) is 0.158. The van der Waals surface area contributed by atoms with E-state index in [1.807, 2.05) is 0 Å². The summed E-state index contributed by atoms with van der Waals surface area (Å²) in [4.78, 5) is 4.70. The summed E-state index contributed by atoms with van der Waals surface area (Å²) in [6, 6.07) is 70.5. The Kier molecular flexibility index (Phi) is 7.02. The molecule has 0 aliphatic heterocycles. The number of rotatable bonds is 6. The summed E-state index contributed by atoms with van der Waals surface area (Å²) in [6.07, 6.45) is 0. The third kappa shape index (κ3) is 4.57. The van der Waals surface area contributed by atoms with Gasteiger partial charge in [-0.25, -0.2) is 0 Å². The highest BCUT2D eigenvalue weighted by Crippen LogP contribution is 2.50. The van der Waals surface area contributed by atoms with Crippen molar-refractivity contribution in [2.24, 2.45) is 14.1 Å². The molecule has 274 valence electrons. The van der Waals surface area contributed by atoms with E-state index in [0.29, 0.717) is 0 Å². The van der Waals surface area contributed by atoms with E-state index in [2.05, 4.69) is 227 Å². The van der Waals surface area contributed by atoms with Crippen molar-refractivity contribution in [1.82, 2.24) is 9.13 Å². The molecule has 4 nitrogen and oxygen atoms in total. The topological polar surface area (TPSA) is 16.3 Å². The van der Waals surface area contributed by atoms with Crippen molar-refractivity contribution in [2.75, 3.05) is 9.80 Å². The molecule has 10 aromatic carbocycles. The fourth-order valence-corrected chi connectivity index (χ4v) is 9.96. The van der Waals surface area contributed by atoms with Crippen LogP contribution in [-0.4, -0.2) is 9.13 Å². The van der Waals surface area contributed by atoms with Crippen LogP contribution in [0.4, 0.5) is 34.1 Å². The number of nitrogens with zero attached hydrogens (tertiary/aromatic N) is 4. The fourth-order valence-electron chi connectivity index (χ4n) is 9.96.